The minimum Gasteiger partial charge on any atom is -0.497 e. The van der Waals surface area contributed by atoms with Crippen LogP contribution >= 0.6 is 11.8 Å². The van der Waals surface area contributed by atoms with Crippen molar-refractivity contribution < 1.29 is 14.3 Å². The number of methoxy groups -OCH3 is 1. The average Bonchev–Trinajstić information content (AvgIpc) is 3.03. The summed E-state index contributed by atoms with van der Waals surface area (Å²) in [5, 5.41) is 2.82. The van der Waals surface area contributed by atoms with Crippen LogP contribution in [0.2, 0.25) is 0 Å². The van der Waals surface area contributed by atoms with Gasteiger partial charge in [-0.05, 0) is 35.7 Å². The van der Waals surface area contributed by atoms with Gasteiger partial charge in [0.25, 0.3) is 0 Å². The molecule has 6 heteroatoms. The van der Waals surface area contributed by atoms with E-state index in [9.17, 15) is 9.59 Å². The first-order chi connectivity index (χ1) is 13.0. The van der Waals surface area contributed by atoms with E-state index >= 15 is 0 Å². The summed E-state index contributed by atoms with van der Waals surface area (Å²) in [5.41, 5.74) is 2.54. The second kappa shape index (κ2) is 8.48. The highest BCUT2D eigenvalue weighted by molar-refractivity contribution is 8.00. The SMILES string of the molecule is COc1cccc(N2C(=O)CS[C@@H]2c2cccc(NC(=O)CC(C)C)c2)c1. The first-order valence-corrected chi connectivity index (χ1v) is 10.0. The minimum atomic E-state index is -0.133. The van der Waals surface area contributed by atoms with Crippen molar-refractivity contribution in [2.75, 3.05) is 23.1 Å². The third kappa shape index (κ3) is 4.63. The number of nitrogens with one attached hydrogen (secondary N) is 1. The summed E-state index contributed by atoms with van der Waals surface area (Å²) in [6, 6.07) is 15.2. The summed E-state index contributed by atoms with van der Waals surface area (Å²) in [6.45, 7) is 4.03. The first-order valence-electron chi connectivity index (χ1n) is 8.95. The number of amides is 2. The van der Waals surface area contributed by atoms with Gasteiger partial charge in [-0.1, -0.05) is 32.0 Å². The molecule has 2 aromatic rings. The van der Waals surface area contributed by atoms with Crippen LogP contribution in [0.15, 0.2) is 48.5 Å². The number of ether oxygens (including phenoxy) is 1. The Balaban J connectivity index is 1.85. The van der Waals surface area contributed by atoms with Gasteiger partial charge in [0.05, 0.1) is 12.9 Å². The molecule has 0 aliphatic carbocycles. The number of carbonyl (C=O) groups excluding carboxylic acids is 2. The lowest BCUT2D eigenvalue weighted by molar-refractivity contribution is -0.117. The fourth-order valence-electron chi connectivity index (χ4n) is 3.06. The van der Waals surface area contributed by atoms with E-state index in [2.05, 4.69) is 5.32 Å². The molecule has 1 aliphatic heterocycles. The fourth-order valence-corrected chi connectivity index (χ4v) is 4.23. The Bertz CT molecular complexity index is 838. The third-order valence-electron chi connectivity index (χ3n) is 4.25. The molecule has 3 rings (SSSR count). The summed E-state index contributed by atoms with van der Waals surface area (Å²) in [4.78, 5) is 26.4. The summed E-state index contributed by atoms with van der Waals surface area (Å²) in [5.74, 6) is 1.51. The van der Waals surface area contributed by atoms with E-state index in [1.165, 1.54) is 0 Å². The van der Waals surface area contributed by atoms with Gasteiger partial charge in [-0.15, -0.1) is 11.8 Å². The molecule has 1 fully saturated rings. The van der Waals surface area contributed by atoms with Crippen LogP contribution in [0.3, 0.4) is 0 Å². The van der Waals surface area contributed by atoms with E-state index in [1.54, 1.807) is 23.8 Å². The molecule has 1 saturated heterocycles. The van der Waals surface area contributed by atoms with Crippen LogP contribution in [-0.2, 0) is 9.59 Å². The zero-order valence-corrected chi connectivity index (χ0v) is 16.6. The minimum absolute atomic E-state index is 0.00181. The van der Waals surface area contributed by atoms with Crippen LogP contribution in [0.5, 0.6) is 5.75 Å². The van der Waals surface area contributed by atoms with Gasteiger partial charge in [0, 0.05) is 23.9 Å². The van der Waals surface area contributed by atoms with Gasteiger partial charge < -0.3 is 10.1 Å². The molecule has 0 saturated carbocycles. The standard InChI is InChI=1S/C21H24N2O3S/c1-14(2)10-19(24)22-16-7-4-6-15(11-16)21-23(20(25)13-27-21)17-8-5-9-18(12-17)26-3/h4-9,11-12,14,21H,10,13H2,1-3H3,(H,22,24)/t21-/m1/s1. The van der Waals surface area contributed by atoms with Gasteiger partial charge in [0.2, 0.25) is 11.8 Å². The van der Waals surface area contributed by atoms with Crippen LogP contribution in [0.25, 0.3) is 0 Å². The Hall–Kier alpha value is -2.47. The molecule has 0 bridgehead atoms. The maximum absolute atomic E-state index is 12.5. The van der Waals surface area contributed by atoms with Crippen molar-refractivity contribution in [3.8, 4) is 5.75 Å². The van der Waals surface area contributed by atoms with E-state index in [4.69, 9.17) is 4.74 Å². The van der Waals surface area contributed by atoms with Crippen molar-refractivity contribution >= 4 is 35.0 Å². The number of nitrogens with zero attached hydrogens (tertiary/aromatic N) is 1. The van der Waals surface area contributed by atoms with E-state index in [0.29, 0.717) is 23.8 Å². The van der Waals surface area contributed by atoms with Crippen LogP contribution in [-0.4, -0.2) is 24.7 Å². The Kier molecular flexibility index (Phi) is 6.06. The molecule has 0 unspecified atom stereocenters. The number of rotatable bonds is 6. The Labute approximate surface area is 164 Å². The zero-order chi connectivity index (χ0) is 19.4. The van der Waals surface area contributed by atoms with Gasteiger partial charge in [0.1, 0.15) is 11.1 Å². The quantitative estimate of drug-likeness (QED) is 0.799. The van der Waals surface area contributed by atoms with E-state index < -0.39 is 0 Å². The summed E-state index contributed by atoms with van der Waals surface area (Å²) >= 11 is 1.58. The maximum atomic E-state index is 12.5. The normalized spacial score (nSPS) is 16.7. The number of thioether (sulfide) groups is 1. The van der Waals surface area contributed by atoms with E-state index in [0.717, 1.165) is 16.9 Å². The summed E-state index contributed by atoms with van der Waals surface area (Å²) < 4.78 is 5.29. The fraction of sp³-hybridized carbons (Fsp3) is 0.333. The highest BCUT2D eigenvalue weighted by Crippen LogP contribution is 2.42. The number of benzene rings is 2. The predicted molar refractivity (Wildman–Crippen MR) is 110 cm³/mol. The lowest BCUT2D eigenvalue weighted by Crippen LogP contribution is -2.27. The van der Waals surface area contributed by atoms with Gasteiger partial charge >= 0.3 is 0 Å². The molecule has 27 heavy (non-hydrogen) atoms. The predicted octanol–water partition coefficient (Wildman–Crippen LogP) is 4.46. The van der Waals surface area contributed by atoms with Gasteiger partial charge in [0.15, 0.2) is 0 Å². The van der Waals surface area contributed by atoms with Gasteiger partial charge in [-0.2, -0.15) is 0 Å². The molecule has 0 spiro atoms. The van der Waals surface area contributed by atoms with Crippen molar-refractivity contribution in [1.29, 1.82) is 0 Å². The topological polar surface area (TPSA) is 58.6 Å². The zero-order valence-electron chi connectivity index (χ0n) is 15.8. The molecule has 0 aromatic heterocycles. The summed E-state index contributed by atoms with van der Waals surface area (Å²) in [6.07, 6.45) is 0.483. The average molecular weight is 385 g/mol. The van der Waals surface area contributed by atoms with Crippen LogP contribution in [0.4, 0.5) is 11.4 Å². The lowest BCUT2D eigenvalue weighted by Gasteiger charge is -2.25. The highest BCUT2D eigenvalue weighted by atomic mass is 32.2. The van der Waals surface area contributed by atoms with Crippen molar-refractivity contribution in [3.63, 3.8) is 0 Å². The molecule has 2 aromatic carbocycles. The molecule has 1 atom stereocenters. The number of carbonyl (C=O) groups is 2. The van der Waals surface area contributed by atoms with Crippen LogP contribution < -0.4 is 15.0 Å². The lowest BCUT2D eigenvalue weighted by atomic mass is 10.1. The Morgan fingerprint density at radius 1 is 1.26 bits per heavy atom. The third-order valence-corrected chi connectivity index (χ3v) is 5.46. The molecule has 5 nitrogen and oxygen atoms in total. The van der Waals surface area contributed by atoms with Crippen LogP contribution in [0.1, 0.15) is 31.2 Å². The van der Waals surface area contributed by atoms with Gasteiger partial charge in [-0.3, -0.25) is 14.5 Å². The van der Waals surface area contributed by atoms with E-state index in [-0.39, 0.29) is 17.2 Å². The largest absolute Gasteiger partial charge is 0.497 e. The second-order valence-electron chi connectivity index (χ2n) is 6.90. The molecule has 1 aliphatic rings. The monoisotopic (exact) mass is 384 g/mol. The van der Waals surface area contributed by atoms with Crippen molar-refractivity contribution in [1.82, 2.24) is 0 Å². The number of hydrogen-bond donors (Lipinski definition) is 1. The number of anilines is 2. The Morgan fingerprint density at radius 3 is 2.78 bits per heavy atom. The van der Waals surface area contributed by atoms with Gasteiger partial charge in [-0.25, -0.2) is 0 Å². The van der Waals surface area contributed by atoms with E-state index in [1.807, 2.05) is 62.4 Å². The molecule has 1 heterocycles. The molecular formula is C21H24N2O3S. The van der Waals surface area contributed by atoms with Crippen molar-refractivity contribution in [2.45, 2.75) is 25.6 Å². The molecule has 1 N–H and O–H groups in total. The first kappa shape index (κ1) is 19.3. The second-order valence-corrected chi connectivity index (χ2v) is 7.97. The van der Waals surface area contributed by atoms with Crippen molar-refractivity contribution in [3.05, 3.63) is 54.1 Å². The van der Waals surface area contributed by atoms with Crippen LogP contribution in [0, 0.1) is 5.92 Å². The smallest absolute Gasteiger partial charge is 0.238 e. The summed E-state index contributed by atoms with van der Waals surface area (Å²) in [7, 11) is 1.61. The number of hydrogen-bond acceptors (Lipinski definition) is 4. The molecule has 0 radical (unpaired) electrons. The molecule has 2 amide bonds. The highest BCUT2D eigenvalue weighted by Gasteiger charge is 2.34. The molecule has 142 valence electrons. The maximum Gasteiger partial charge on any atom is 0.238 e. The molecular weight excluding hydrogens is 360 g/mol. The Morgan fingerprint density at radius 2 is 2.04 bits per heavy atom. The van der Waals surface area contributed by atoms with Crippen molar-refractivity contribution in [2.24, 2.45) is 5.92 Å².